The van der Waals surface area contributed by atoms with Crippen LogP contribution in [0.2, 0.25) is 5.02 Å². The summed E-state index contributed by atoms with van der Waals surface area (Å²) < 4.78 is 5.70. The van der Waals surface area contributed by atoms with E-state index in [-0.39, 0.29) is 5.92 Å². The molecule has 108 valence electrons. The third-order valence-corrected chi connectivity index (χ3v) is 3.82. The van der Waals surface area contributed by atoms with Crippen LogP contribution in [-0.4, -0.2) is 6.61 Å². The van der Waals surface area contributed by atoms with Crippen LogP contribution in [0.15, 0.2) is 48.5 Å². The number of rotatable bonds is 6. The fourth-order valence-corrected chi connectivity index (χ4v) is 2.29. The molecule has 0 saturated carbocycles. The van der Waals surface area contributed by atoms with E-state index in [1.54, 1.807) is 0 Å². The average Bonchev–Trinajstić information content (AvgIpc) is 2.52. The average molecular weight is 300 g/mol. The Morgan fingerprint density at radius 1 is 1.19 bits per heavy atom. The third-order valence-electron chi connectivity index (χ3n) is 3.39. The zero-order valence-corrected chi connectivity index (χ0v) is 12.8. The number of aryl methyl sites for hydroxylation is 1. The maximum Gasteiger partial charge on any atom is 0.119 e. The number of halogens is 1. The molecule has 0 aliphatic heterocycles. The van der Waals surface area contributed by atoms with E-state index in [0.717, 1.165) is 34.7 Å². The first-order valence-corrected chi connectivity index (χ1v) is 7.42. The third kappa shape index (κ3) is 4.51. The van der Waals surface area contributed by atoms with E-state index in [0.29, 0.717) is 6.61 Å². The molecule has 0 aromatic heterocycles. The molecule has 2 rings (SSSR count). The Morgan fingerprint density at radius 2 is 1.95 bits per heavy atom. The number of benzene rings is 2. The maximum atomic E-state index is 9.26. The van der Waals surface area contributed by atoms with E-state index in [1.165, 1.54) is 0 Å². The predicted molar refractivity (Wildman–Crippen MR) is 85.7 cm³/mol. The van der Waals surface area contributed by atoms with E-state index >= 15 is 0 Å². The van der Waals surface area contributed by atoms with Crippen LogP contribution in [0.25, 0.3) is 0 Å². The summed E-state index contributed by atoms with van der Waals surface area (Å²) in [7, 11) is 0. The highest BCUT2D eigenvalue weighted by Gasteiger charge is 2.09. The van der Waals surface area contributed by atoms with Crippen molar-refractivity contribution in [2.45, 2.75) is 25.7 Å². The van der Waals surface area contributed by atoms with E-state index in [4.69, 9.17) is 16.3 Å². The predicted octanol–water partition coefficient (Wildman–Crippen LogP) is 5.11. The van der Waals surface area contributed by atoms with Gasteiger partial charge in [0.2, 0.25) is 0 Å². The molecule has 0 bridgehead atoms. The van der Waals surface area contributed by atoms with Crippen LogP contribution in [0.4, 0.5) is 0 Å². The molecule has 0 heterocycles. The minimum absolute atomic E-state index is 0.0678. The summed E-state index contributed by atoms with van der Waals surface area (Å²) in [6.07, 6.45) is 1.64. The summed E-state index contributed by atoms with van der Waals surface area (Å²) >= 11 is 5.98. The van der Waals surface area contributed by atoms with Gasteiger partial charge in [-0.25, -0.2) is 0 Å². The lowest BCUT2D eigenvalue weighted by Crippen LogP contribution is -2.02. The molecular formula is C18H18ClNO. The van der Waals surface area contributed by atoms with Crippen LogP contribution in [0.3, 0.4) is 0 Å². The molecule has 0 fully saturated rings. The van der Waals surface area contributed by atoms with Gasteiger partial charge in [0.1, 0.15) is 5.75 Å². The Bertz CT molecular complexity index is 619. The summed E-state index contributed by atoms with van der Waals surface area (Å²) in [6, 6.07) is 17.9. The van der Waals surface area contributed by atoms with E-state index in [1.807, 2.05) is 55.5 Å². The van der Waals surface area contributed by atoms with E-state index in [2.05, 4.69) is 6.07 Å². The van der Waals surface area contributed by atoms with Crippen molar-refractivity contribution in [3.63, 3.8) is 0 Å². The number of nitriles is 1. The molecule has 0 aliphatic carbocycles. The van der Waals surface area contributed by atoms with Crippen molar-refractivity contribution in [1.82, 2.24) is 0 Å². The number of nitrogens with zero attached hydrogens (tertiary/aromatic N) is 1. The van der Waals surface area contributed by atoms with Crippen LogP contribution in [0, 0.1) is 18.3 Å². The molecule has 1 unspecified atom stereocenters. The second-order valence-corrected chi connectivity index (χ2v) is 5.40. The van der Waals surface area contributed by atoms with Gasteiger partial charge >= 0.3 is 0 Å². The molecule has 1 atom stereocenters. The summed E-state index contributed by atoms with van der Waals surface area (Å²) in [5.74, 6) is 0.756. The lowest BCUT2D eigenvalue weighted by atomic mass is 9.96. The van der Waals surface area contributed by atoms with Crippen LogP contribution in [0.1, 0.15) is 29.9 Å². The van der Waals surface area contributed by atoms with Gasteiger partial charge in [0.25, 0.3) is 0 Å². The van der Waals surface area contributed by atoms with Gasteiger partial charge in [0.05, 0.1) is 18.6 Å². The molecule has 3 heteroatoms. The second-order valence-electron chi connectivity index (χ2n) is 4.99. The van der Waals surface area contributed by atoms with Gasteiger partial charge in [-0.2, -0.15) is 5.26 Å². The van der Waals surface area contributed by atoms with Crippen molar-refractivity contribution in [3.8, 4) is 11.8 Å². The first kappa shape index (κ1) is 15.4. The molecule has 0 saturated heterocycles. The van der Waals surface area contributed by atoms with Crippen LogP contribution < -0.4 is 4.74 Å². The van der Waals surface area contributed by atoms with Gasteiger partial charge in [0, 0.05) is 5.02 Å². The van der Waals surface area contributed by atoms with E-state index in [9.17, 15) is 5.26 Å². The van der Waals surface area contributed by atoms with Crippen LogP contribution in [-0.2, 0) is 0 Å². The van der Waals surface area contributed by atoms with Crippen molar-refractivity contribution >= 4 is 11.6 Å². The number of hydrogen-bond acceptors (Lipinski definition) is 2. The largest absolute Gasteiger partial charge is 0.494 e. The van der Waals surface area contributed by atoms with Crippen molar-refractivity contribution in [2.75, 3.05) is 6.61 Å². The zero-order valence-electron chi connectivity index (χ0n) is 12.1. The molecule has 0 amide bonds. The van der Waals surface area contributed by atoms with E-state index < -0.39 is 0 Å². The van der Waals surface area contributed by atoms with Crippen molar-refractivity contribution in [1.29, 1.82) is 5.26 Å². The molecule has 21 heavy (non-hydrogen) atoms. The number of hydrogen-bond donors (Lipinski definition) is 0. The first-order chi connectivity index (χ1) is 10.2. The topological polar surface area (TPSA) is 33.0 Å². The summed E-state index contributed by atoms with van der Waals surface area (Å²) in [5, 5.41) is 10.0. The fourth-order valence-electron chi connectivity index (χ4n) is 2.18. The van der Waals surface area contributed by atoms with Gasteiger partial charge in [-0.05, 0) is 49.1 Å². The van der Waals surface area contributed by atoms with Crippen LogP contribution >= 0.6 is 11.6 Å². The van der Waals surface area contributed by atoms with Gasteiger partial charge < -0.3 is 4.74 Å². The van der Waals surface area contributed by atoms with Crippen molar-refractivity contribution in [3.05, 3.63) is 64.7 Å². The molecule has 0 radical (unpaired) electrons. The van der Waals surface area contributed by atoms with Gasteiger partial charge in [0.15, 0.2) is 0 Å². The first-order valence-electron chi connectivity index (χ1n) is 7.04. The van der Waals surface area contributed by atoms with Gasteiger partial charge in [-0.1, -0.05) is 41.9 Å². The van der Waals surface area contributed by atoms with Gasteiger partial charge in [-0.3, -0.25) is 0 Å². The maximum absolute atomic E-state index is 9.26. The molecule has 2 aromatic carbocycles. The zero-order chi connectivity index (χ0) is 15.1. The summed E-state index contributed by atoms with van der Waals surface area (Å²) in [4.78, 5) is 0. The van der Waals surface area contributed by atoms with Crippen molar-refractivity contribution in [2.24, 2.45) is 0 Å². The number of ether oxygens (including phenoxy) is 1. The highest BCUT2D eigenvalue weighted by Crippen LogP contribution is 2.23. The summed E-state index contributed by atoms with van der Waals surface area (Å²) in [6.45, 7) is 2.56. The molecule has 0 N–H and O–H groups in total. The SMILES string of the molecule is Cc1cc(OCCCC(C#N)c2ccccc2)ccc1Cl. The smallest absolute Gasteiger partial charge is 0.119 e. The molecular weight excluding hydrogens is 282 g/mol. The molecule has 0 spiro atoms. The Labute approximate surface area is 130 Å². The highest BCUT2D eigenvalue weighted by atomic mass is 35.5. The normalized spacial score (nSPS) is 11.7. The Morgan fingerprint density at radius 3 is 2.62 bits per heavy atom. The highest BCUT2D eigenvalue weighted by molar-refractivity contribution is 6.31. The Hall–Kier alpha value is -1.98. The second kappa shape index (κ2) is 7.71. The standard InChI is InChI=1S/C18H18ClNO/c1-14-12-17(9-10-18(14)19)21-11-5-8-16(13-20)15-6-3-2-4-7-15/h2-4,6-7,9-10,12,16H,5,8,11H2,1H3. The molecule has 0 aliphatic rings. The summed E-state index contributed by atoms with van der Waals surface area (Å²) in [5.41, 5.74) is 2.08. The monoisotopic (exact) mass is 299 g/mol. The Balaban J connectivity index is 1.81. The minimum Gasteiger partial charge on any atom is -0.494 e. The Kier molecular flexibility index (Phi) is 5.66. The van der Waals surface area contributed by atoms with Gasteiger partial charge in [-0.15, -0.1) is 0 Å². The molecule has 2 nitrogen and oxygen atoms in total. The van der Waals surface area contributed by atoms with Crippen molar-refractivity contribution < 1.29 is 4.74 Å². The quantitative estimate of drug-likeness (QED) is 0.694. The minimum atomic E-state index is -0.0678. The lowest BCUT2D eigenvalue weighted by Gasteiger charge is -2.11. The lowest BCUT2D eigenvalue weighted by molar-refractivity contribution is 0.305. The fraction of sp³-hybridized carbons (Fsp3) is 0.278. The molecule has 2 aromatic rings. The van der Waals surface area contributed by atoms with Crippen LogP contribution in [0.5, 0.6) is 5.75 Å².